The average Bonchev–Trinajstić information content (AvgIpc) is 3.17. The highest BCUT2D eigenvalue weighted by molar-refractivity contribution is 7.13. The minimum Gasteiger partial charge on any atom is -0.336 e. The molecule has 10 heteroatoms. The van der Waals surface area contributed by atoms with Crippen LogP contribution < -0.4 is 5.32 Å². The number of nitrogens with zero attached hydrogens (tertiary/aromatic N) is 4. The Morgan fingerprint density at radius 2 is 1.88 bits per heavy atom. The second-order valence-electron chi connectivity index (χ2n) is 7.37. The van der Waals surface area contributed by atoms with Gasteiger partial charge in [-0.05, 0) is 30.7 Å². The molecule has 0 bridgehead atoms. The Labute approximate surface area is 187 Å². The van der Waals surface area contributed by atoms with E-state index in [0.29, 0.717) is 38.3 Å². The van der Waals surface area contributed by atoms with Crippen LogP contribution in [0.1, 0.15) is 16.9 Å². The lowest BCUT2D eigenvalue weighted by Crippen LogP contribution is -2.38. The van der Waals surface area contributed by atoms with Crippen molar-refractivity contribution >= 4 is 28.8 Å². The van der Waals surface area contributed by atoms with Crippen LogP contribution in [0.15, 0.2) is 48.1 Å². The van der Waals surface area contributed by atoms with E-state index in [9.17, 15) is 18.4 Å². The highest BCUT2D eigenvalue weighted by atomic mass is 32.1. The van der Waals surface area contributed by atoms with Gasteiger partial charge in [-0.15, -0.1) is 11.3 Å². The molecule has 7 nitrogen and oxygen atoms in total. The van der Waals surface area contributed by atoms with Crippen molar-refractivity contribution in [2.75, 3.05) is 38.0 Å². The standard InChI is InChI=1S/C22H21F2N5O2S/c23-16-2-3-18(17(24)12-16)26-20(30)13-28-8-1-9-29(11-10-28)22(31)19-14-32-21(27-19)15-4-6-25-7-5-15/h2-7,12,14H,1,8-11,13H2,(H,26,30). The molecule has 1 aromatic carbocycles. The smallest absolute Gasteiger partial charge is 0.273 e. The first-order valence-corrected chi connectivity index (χ1v) is 11.0. The molecule has 4 rings (SSSR count). The maximum absolute atomic E-state index is 13.7. The highest BCUT2D eigenvalue weighted by Crippen LogP contribution is 2.24. The van der Waals surface area contributed by atoms with Gasteiger partial charge in [0.05, 0.1) is 12.2 Å². The number of thiazole rings is 1. The summed E-state index contributed by atoms with van der Waals surface area (Å²) in [5.41, 5.74) is 1.26. The number of halogens is 2. The second kappa shape index (κ2) is 9.92. The van der Waals surface area contributed by atoms with Crippen LogP contribution in [-0.4, -0.2) is 64.3 Å². The molecule has 32 heavy (non-hydrogen) atoms. The Morgan fingerprint density at radius 1 is 1.06 bits per heavy atom. The first-order valence-electron chi connectivity index (χ1n) is 10.1. The maximum atomic E-state index is 13.7. The Kier molecular flexibility index (Phi) is 6.81. The van der Waals surface area contributed by atoms with E-state index in [0.717, 1.165) is 22.7 Å². The molecule has 1 N–H and O–H groups in total. The fourth-order valence-electron chi connectivity index (χ4n) is 3.48. The monoisotopic (exact) mass is 457 g/mol. The van der Waals surface area contributed by atoms with Crippen molar-refractivity contribution in [2.45, 2.75) is 6.42 Å². The van der Waals surface area contributed by atoms with Crippen molar-refractivity contribution in [1.29, 1.82) is 0 Å². The molecule has 1 aliphatic heterocycles. The average molecular weight is 458 g/mol. The SMILES string of the molecule is O=C(CN1CCCN(C(=O)c2csc(-c3ccncc3)n2)CC1)Nc1ccc(F)cc1F. The molecule has 0 saturated carbocycles. The molecule has 0 radical (unpaired) electrons. The molecular weight excluding hydrogens is 436 g/mol. The van der Waals surface area contributed by atoms with Gasteiger partial charge in [-0.2, -0.15) is 0 Å². The lowest BCUT2D eigenvalue weighted by Gasteiger charge is -2.21. The van der Waals surface area contributed by atoms with Crippen LogP contribution in [0.4, 0.5) is 14.5 Å². The predicted octanol–water partition coefficient (Wildman–Crippen LogP) is 3.27. The van der Waals surface area contributed by atoms with Gasteiger partial charge in [0, 0.05) is 55.6 Å². The van der Waals surface area contributed by atoms with Gasteiger partial charge in [0.25, 0.3) is 5.91 Å². The van der Waals surface area contributed by atoms with Gasteiger partial charge >= 0.3 is 0 Å². The van der Waals surface area contributed by atoms with E-state index >= 15 is 0 Å². The number of carbonyl (C=O) groups is 2. The zero-order valence-electron chi connectivity index (χ0n) is 17.1. The summed E-state index contributed by atoms with van der Waals surface area (Å²) in [5, 5.41) is 4.98. The Bertz CT molecular complexity index is 1110. The number of nitrogens with one attached hydrogen (secondary N) is 1. The van der Waals surface area contributed by atoms with E-state index in [2.05, 4.69) is 15.3 Å². The number of amides is 2. The molecule has 0 spiro atoms. The number of hydrogen-bond donors (Lipinski definition) is 1. The first kappa shape index (κ1) is 22.0. The molecule has 0 aliphatic carbocycles. The van der Waals surface area contributed by atoms with Crippen LogP contribution in [0.5, 0.6) is 0 Å². The molecule has 0 atom stereocenters. The number of carbonyl (C=O) groups excluding carboxylic acids is 2. The van der Waals surface area contributed by atoms with Gasteiger partial charge in [-0.25, -0.2) is 13.8 Å². The van der Waals surface area contributed by atoms with E-state index in [1.807, 2.05) is 17.0 Å². The third-order valence-corrected chi connectivity index (χ3v) is 5.99. The topological polar surface area (TPSA) is 78.4 Å². The Hall–Kier alpha value is -3.24. The maximum Gasteiger partial charge on any atom is 0.273 e. The third-order valence-electron chi connectivity index (χ3n) is 5.10. The van der Waals surface area contributed by atoms with Crippen molar-refractivity contribution in [3.63, 3.8) is 0 Å². The van der Waals surface area contributed by atoms with Crippen LogP contribution >= 0.6 is 11.3 Å². The van der Waals surface area contributed by atoms with Crippen LogP contribution in [-0.2, 0) is 4.79 Å². The lowest BCUT2D eigenvalue weighted by atomic mass is 10.3. The predicted molar refractivity (Wildman–Crippen MR) is 117 cm³/mol. The van der Waals surface area contributed by atoms with Crippen molar-refractivity contribution in [1.82, 2.24) is 19.8 Å². The molecule has 2 aromatic heterocycles. The van der Waals surface area contributed by atoms with Gasteiger partial charge in [0.1, 0.15) is 22.3 Å². The van der Waals surface area contributed by atoms with Crippen molar-refractivity contribution < 1.29 is 18.4 Å². The van der Waals surface area contributed by atoms with E-state index in [1.165, 1.54) is 17.4 Å². The molecular formula is C22H21F2N5O2S. The van der Waals surface area contributed by atoms with Gasteiger partial charge in [0.15, 0.2) is 0 Å². The van der Waals surface area contributed by atoms with Gasteiger partial charge in [-0.3, -0.25) is 19.5 Å². The number of pyridine rings is 1. The van der Waals surface area contributed by atoms with Crippen LogP contribution in [0.2, 0.25) is 0 Å². The molecule has 1 aliphatic rings. The summed E-state index contributed by atoms with van der Waals surface area (Å²) in [6.07, 6.45) is 4.07. The van der Waals surface area contributed by atoms with Crippen molar-refractivity contribution in [3.8, 4) is 10.6 Å². The molecule has 0 unspecified atom stereocenters. The summed E-state index contributed by atoms with van der Waals surface area (Å²) in [6.45, 7) is 2.21. The van der Waals surface area contributed by atoms with Crippen LogP contribution in [0.3, 0.4) is 0 Å². The third kappa shape index (κ3) is 5.32. The Balaban J connectivity index is 1.32. The van der Waals surface area contributed by atoms with Crippen molar-refractivity contribution in [2.24, 2.45) is 0 Å². The first-order chi connectivity index (χ1) is 15.5. The van der Waals surface area contributed by atoms with Gasteiger partial charge in [-0.1, -0.05) is 0 Å². The molecule has 3 heterocycles. The summed E-state index contributed by atoms with van der Waals surface area (Å²) >= 11 is 1.41. The van der Waals surface area contributed by atoms with Crippen molar-refractivity contribution in [3.05, 3.63) is 65.4 Å². The van der Waals surface area contributed by atoms with Gasteiger partial charge in [0.2, 0.25) is 5.91 Å². The van der Waals surface area contributed by atoms with Crippen LogP contribution in [0.25, 0.3) is 10.6 Å². The van der Waals surface area contributed by atoms with E-state index < -0.39 is 17.5 Å². The largest absolute Gasteiger partial charge is 0.336 e. The number of rotatable bonds is 5. The summed E-state index contributed by atoms with van der Waals surface area (Å²) in [6, 6.07) is 6.70. The van der Waals surface area contributed by atoms with E-state index in [4.69, 9.17) is 0 Å². The fourth-order valence-corrected chi connectivity index (χ4v) is 4.28. The molecule has 2 amide bonds. The summed E-state index contributed by atoms with van der Waals surface area (Å²) < 4.78 is 26.8. The zero-order chi connectivity index (χ0) is 22.5. The number of hydrogen-bond acceptors (Lipinski definition) is 6. The molecule has 3 aromatic rings. The summed E-state index contributed by atoms with van der Waals surface area (Å²) in [4.78, 5) is 37.3. The minimum absolute atomic E-state index is 0.0573. The minimum atomic E-state index is -0.819. The van der Waals surface area contributed by atoms with E-state index in [1.54, 1.807) is 22.7 Å². The second-order valence-corrected chi connectivity index (χ2v) is 8.23. The zero-order valence-corrected chi connectivity index (χ0v) is 17.9. The van der Waals surface area contributed by atoms with Crippen LogP contribution in [0, 0.1) is 11.6 Å². The summed E-state index contributed by atoms with van der Waals surface area (Å²) in [7, 11) is 0. The molecule has 1 fully saturated rings. The lowest BCUT2D eigenvalue weighted by molar-refractivity contribution is -0.117. The highest BCUT2D eigenvalue weighted by Gasteiger charge is 2.23. The molecule has 166 valence electrons. The fraction of sp³-hybridized carbons (Fsp3) is 0.273. The van der Waals surface area contributed by atoms with E-state index in [-0.39, 0.29) is 18.1 Å². The normalized spacial score (nSPS) is 14.8. The quantitative estimate of drug-likeness (QED) is 0.636. The Morgan fingerprint density at radius 3 is 2.66 bits per heavy atom. The van der Waals surface area contributed by atoms with Gasteiger partial charge < -0.3 is 10.2 Å². The number of benzene rings is 1. The molecule has 1 saturated heterocycles. The number of anilines is 1. The number of aromatic nitrogens is 2. The summed E-state index contributed by atoms with van der Waals surface area (Å²) in [5.74, 6) is -2.05.